The van der Waals surface area contributed by atoms with Gasteiger partial charge in [-0.25, -0.2) is 18.2 Å². The van der Waals surface area contributed by atoms with Crippen LogP contribution in [-0.2, 0) is 26.0 Å². The van der Waals surface area contributed by atoms with Crippen LogP contribution in [0.15, 0.2) is 65.7 Å². The molecule has 200 valence electrons. The number of rotatable bonds is 10. The van der Waals surface area contributed by atoms with Crippen LogP contribution >= 0.6 is 0 Å². The van der Waals surface area contributed by atoms with E-state index in [0.717, 1.165) is 12.3 Å². The number of nitrogens with zero attached hydrogens (tertiary/aromatic N) is 3. The monoisotopic (exact) mass is 553 g/mol. The maximum atomic E-state index is 12.8. The second-order valence-electron chi connectivity index (χ2n) is 10.1. The molecule has 0 saturated carbocycles. The average molecular weight is 554 g/mol. The van der Waals surface area contributed by atoms with Crippen molar-refractivity contribution in [1.29, 1.82) is 0 Å². The molecular formula is C27H31N3O6SSi. The zero-order valence-corrected chi connectivity index (χ0v) is 23.9. The molecule has 2 aromatic heterocycles. The minimum atomic E-state index is -3.35. The number of ether oxygens (including phenoxy) is 3. The first-order valence-electron chi connectivity index (χ1n) is 12.1. The van der Waals surface area contributed by atoms with E-state index in [1.165, 1.54) is 31.4 Å². The Hall–Kier alpha value is -3.54. The van der Waals surface area contributed by atoms with E-state index in [0.29, 0.717) is 34.9 Å². The smallest absolute Gasteiger partial charge is 0.341 e. The lowest BCUT2D eigenvalue weighted by Gasteiger charge is -2.16. The normalized spacial score (nSPS) is 12.0. The van der Waals surface area contributed by atoms with E-state index >= 15 is 0 Å². The lowest BCUT2D eigenvalue weighted by molar-refractivity contribution is 0.0597. The summed E-state index contributed by atoms with van der Waals surface area (Å²) in [5.74, 6) is 0.606. The number of imidazole rings is 1. The Labute approximate surface area is 223 Å². The third-order valence-electron chi connectivity index (χ3n) is 5.85. The van der Waals surface area contributed by atoms with Gasteiger partial charge in [-0.15, -0.1) is 0 Å². The minimum absolute atomic E-state index is 0.168. The van der Waals surface area contributed by atoms with Crippen molar-refractivity contribution in [3.63, 3.8) is 0 Å². The molecule has 4 rings (SSSR count). The van der Waals surface area contributed by atoms with Crippen LogP contribution in [0, 0.1) is 0 Å². The van der Waals surface area contributed by atoms with Gasteiger partial charge in [0.15, 0.2) is 15.7 Å². The van der Waals surface area contributed by atoms with Gasteiger partial charge in [-0.3, -0.25) is 9.55 Å². The predicted molar refractivity (Wildman–Crippen MR) is 148 cm³/mol. The highest BCUT2D eigenvalue weighted by molar-refractivity contribution is 7.90. The number of aromatic nitrogens is 3. The number of carbonyl (C=O) groups excluding carboxylic acids is 1. The van der Waals surface area contributed by atoms with Crippen LogP contribution in [0.4, 0.5) is 0 Å². The zero-order chi connectivity index (χ0) is 27.5. The molecule has 0 aliphatic carbocycles. The molecule has 0 spiro atoms. The van der Waals surface area contributed by atoms with Gasteiger partial charge in [0.2, 0.25) is 0 Å². The Morgan fingerprint density at radius 2 is 1.79 bits per heavy atom. The van der Waals surface area contributed by atoms with Crippen LogP contribution in [0.25, 0.3) is 22.6 Å². The van der Waals surface area contributed by atoms with Crippen LogP contribution in [0.3, 0.4) is 0 Å². The molecule has 11 heteroatoms. The summed E-state index contributed by atoms with van der Waals surface area (Å²) in [5.41, 5.74) is 2.10. The molecule has 0 radical (unpaired) electrons. The maximum Gasteiger partial charge on any atom is 0.341 e. The molecule has 0 bridgehead atoms. The van der Waals surface area contributed by atoms with Gasteiger partial charge >= 0.3 is 5.97 Å². The zero-order valence-electron chi connectivity index (χ0n) is 22.1. The molecule has 0 saturated heterocycles. The van der Waals surface area contributed by atoms with Crippen molar-refractivity contribution in [2.45, 2.75) is 37.3 Å². The molecule has 38 heavy (non-hydrogen) atoms. The van der Waals surface area contributed by atoms with E-state index in [1.807, 2.05) is 22.8 Å². The third kappa shape index (κ3) is 6.47. The van der Waals surface area contributed by atoms with Gasteiger partial charge in [-0.2, -0.15) is 0 Å². The molecular weight excluding hydrogens is 522 g/mol. The van der Waals surface area contributed by atoms with Gasteiger partial charge in [0.1, 0.15) is 29.5 Å². The van der Waals surface area contributed by atoms with Crippen molar-refractivity contribution in [2.24, 2.45) is 0 Å². The number of hydrogen-bond acceptors (Lipinski definition) is 8. The number of sulfone groups is 1. The summed E-state index contributed by atoms with van der Waals surface area (Å²) in [4.78, 5) is 22.2. The van der Waals surface area contributed by atoms with Gasteiger partial charge in [0.05, 0.1) is 23.0 Å². The van der Waals surface area contributed by atoms with Gasteiger partial charge in [-0.1, -0.05) is 25.7 Å². The highest BCUT2D eigenvalue weighted by atomic mass is 32.2. The summed E-state index contributed by atoms with van der Waals surface area (Å²) in [6, 6.07) is 15.9. The van der Waals surface area contributed by atoms with Crippen LogP contribution in [0.2, 0.25) is 25.7 Å². The minimum Gasteiger partial charge on any atom is -0.465 e. The number of methoxy groups -OCH3 is 1. The molecule has 0 atom stereocenters. The summed E-state index contributed by atoms with van der Waals surface area (Å²) in [6.45, 7) is 7.73. The molecule has 0 fully saturated rings. The van der Waals surface area contributed by atoms with Crippen LogP contribution in [0.1, 0.15) is 10.4 Å². The summed E-state index contributed by atoms with van der Waals surface area (Å²) in [5, 5.41) is 0. The highest BCUT2D eigenvalue weighted by Gasteiger charge is 2.22. The summed E-state index contributed by atoms with van der Waals surface area (Å²) >= 11 is 0. The summed E-state index contributed by atoms with van der Waals surface area (Å²) < 4.78 is 42.6. The second kappa shape index (κ2) is 11.1. The SMILES string of the molecule is COC(=O)c1cc2c(cc1Oc1ccc(S(C)(=O)=O)cc1)nc(-c1ccccn1)n2COCC[Si](C)(C)C. The van der Waals surface area contributed by atoms with E-state index in [4.69, 9.17) is 19.2 Å². The molecule has 0 aliphatic rings. The highest BCUT2D eigenvalue weighted by Crippen LogP contribution is 2.33. The van der Waals surface area contributed by atoms with E-state index < -0.39 is 23.9 Å². The van der Waals surface area contributed by atoms with Crippen molar-refractivity contribution in [2.75, 3.05) is 20.0 Å². The van der Waals surface area contributed by atoms with Crippen molar-refractivity contribution in [3.05, 3.63) is 66.4 Å². The fourth-order valence-corrected chi connectivity index (χ4v) is 5.13. The van der Waals surface area contributed by atoms with Crippen molar-refractivity contribution < 1.29 is 27.4 Å². The van der Waals surface area contributed by atoms with Gasteiger partial charge < -0.3 is 14.2 Å². The first kappa shape index (κ1) is 27.5. The van der Waals surface area contributed by atoms with Crippen molar-refractivity contribution in [1.82, 2.24) is 14.5 Å². The summed E-state index contributed by atoms with van der Waals surface area (Å²) in [7, 11) is -3.32. The molecule has 0 N–H and O–H groups in total. The number of esters is 1. The molecule has 2 heterocycles. The van der Waals surface area contributed by atoms with Gasteiger partial charge in [-0.05, 0) is 48.5 Å². The van der Waals surface area contributed by atoms with Crippen molar-refractivity contribution >= 4 is 34.9 Å². The molecule has 0 amide bonds. The lowest BCUT2D eigenvalue weighted by Crippen LogP contribution is -2.22. The van der Waals surface area contributed by atoms with Crippen LogP contribution in [-0.4, -0.2) is 57.0 Å². The second-order valence-corrected chi connectivity index (χ2v) is 17.7. The Kier molecular flexibility index (Phi) is 8.00. The first-order valence-corrected chi connectivity index (χ1v) is 17.7. The Morgan fingerprint density at radius 3 is 2.39 bits per heavy atom. The largest absolute Gasteiger partial charge is 0.465 e. The van der Waals surface area contributed by atoms with Crippen molar-refractivity contribution in [3.8, 4) is 23.0 Å². The van der Waals surface area contributed by atoms with Crippen LogP contribution < -0.4 is 4.74 Å². The van der Waals surface area contributed by atoms with E-state index in [2.05, 4.69) is 24.6 Å². The number of pyridine rings is 1. The van der Waals surface area contributed by atoms with E-state index in [9.17, 15) is 13.2 Å². The van der Waals surface area contributed by atoms with Gasteiger partial charge in [0.25, 0.3) is 0 Å². The van der Waals surface area contributed by atoms with Crippen LogP contribution in [0.5, 0.6) is 11.5 Å². The standard InChI is InChI=1S/C27H31N3O6SSi/c1-34-27(31)21-16-24-23(17-25(21)36-19-9-11-20(12-10-19)37(2,32)33)29-26(22-8-6-7-13-28-22)30(24)18-35-14-15-38(3,4)5/h6-13,16-17H,14-15,18H2,1-5H3. The number of carbonyl (C=O) groups is 1. The number of fused-ring (bicyclic) bond motifs is 1. The fraction of sp³-hybridized carbons (Fsp3) is 0.296. The molecule has 4 aromatic rings. The maximum absolute atomic E-state index is 12.8. The Morgan fingerprint density at radius 1 is 1.05 bits per heavy atom. The van der Waals surface area contributed by atoms with Gasteiger partial charge in [0, 0.05) is 33.2 Å². The first-order chi connectivity index (χ1) is 18.0. The molecule has 0 aliphatic heterocycles. The predicted octanol–water partition coefficient (Wildman–Crippen LogP) is 5.39. The molecule has 0 unspecified atom stereocenters. The molecule has 9 nitrogen and oxygen atoms in total. The average Bonchev–Trinajstić information content (AvgIpc) is 3.22. The summed E-state index contributed by atoms with van der Waals surface area (Å²) in [6.07, 6.45) is 2.83. The van der Waals surface area contributed by atoms with E-state index in [1.54, 1.807) is 18.3 Å². The Balaban J connectivity index is 1.77. The lowest BCUT2D eigenvalue weighted by atomic mass is 10.1. The number of benzene rings is 2. The number of hydrogen-bond donors (Lipinski definition) is 0. The van der Waals surface area contributed by atoms with E-state index in [-0.39, 0.29) is 22.9 Å². The fourth-order valence-electron chi connectivity index (χ4n) is 3.74. The topological polar surface area (TPSA) is 110 Å². The third-order valence-corrected chi connectivity index (χ3v) is 8.68. The Bertz CT molecular complexity index is 1550. The quantitative estimate of drug-likeness (QED) is 0.146. The molecule has 2 aromatic carbocycles.